The highest BCUT2D eigenvalue weighted by Gasteiger charge is 2.51. The molecule has 310 valence electrons. The molecule has 7 atom stereocenters. The molecule has 8 rings (SSSR count). The fourth-order valence-corrected chi connectivity index (χ4v) is 9.35. The monoisotopic (exact) mass is 804 g/mol. The topological polar surface area (TPSA) is 184 Å². The second-order valence-electron chi connectivity index (χ2n) is 16.3. The van der Waals surface area contributed by atoms with Gasteiger partial charge in [-0.25, -0.2) is 19.6 Å². The first-order valence-corrected chi connectivity index (χ1v) is 20.4. The Hall–Kier alpha value is -5.96. The molecule has 1 aliphatic carbocycles. The molecule has 3 aromatic carbocycles. The lowest BCUT2D eigenvalue weighted by Gasteiger charge is -2.37. The molecular weight excluding hydrogens is 753 g/mol. The first kappa shape index (κ1) is 39.8. The number of benzene rings is 3. The van der Waals surface area contributed by atoms with Gasteiger partial charge in [-0.05, 0) is 85.1 Å². The second kappa shape index (κ2) is 16.4. The average Bonchev–Trinajstić information content (AvgIpc) is 4.11. The lowest BCUT2D eigenvalue weighted by atomic mass is 9.95. The van der Waals surface area contributed by atoms with E-state index in [4.69, 9.17) is 19.2 Å². The first-order valence-electron chi connectivity index (χ1n) is 20.4. The number of imidazole rings is 2. The number of hydrogen-bond acceptors (Lipinski definition) is 9. The minimum atomic E-state index is -0.898. The van der Waals surface area contributed by atoms with Crippen LogP contribution in [0.15, 0.2) is 60.8 Å². The van der Waals surface area contributed by atoms with Crippen molar-refractivity contribution in [2.75, 3.05) is 27.9 Å². The Morgan fingerprint density at radius 1 is 0.797 bits per heavy atom. The van der Waals surface area contributed by atoms with Gasteiger partial charge in [0.05, 0.1) is 55.3 Å². The zero-order chi connectivity index (χ0) is 41.5. The van der Waals surface area contributed by atoms with Crippen LogP contribution >= 0.6 is 0 Å². The molecule has 2 saturated heterocycles. The van der Waals surface area contributed by atoms with E-state index in [-0.39, 0.29) is 35.9 Å². The van der Waals surface area contributed by atoms with E-state index < -0.39 is 30.4 Å². The van der Waals surface area contributed by atoms with Crippen LogP contribution < -0.4 is 10.6 Å². The number of H-pyrrole nitrogens is 2. The number of nitrogens with one attached hydrogen (secondary N) is 4. The smallest absolute Gasteiger partial charge is 0.407 e. The summed E-state index contributed by atoms with van der Waals surface area (Å²) in [6.07, 6.45) is 4.38. The van der Waals surface area contributed by atoms with Crippen LogP contribution in [0.3, 0.4) is 0 Å². The molecule has 0 radical (unpaired) electrons. The van der Waals surface area contributed by atoms with Crippen LogP contribution in [-0.2, 0) is 23.8 Å². The number of alkyl carbamates (subject to hydrolysis) is 2. The van der Waals surface area contributed by atoms with E-state index in [1.165, 1.54) is 21.3 Å². The number of carbonyl (C=O) groups is 4. The number of nitrogens with zero attached hydrogens (tertiary/aromatic N) is 4. The molecule has 0 spiro atoms. The van der Waals surface area contributed by atoms with Gasteiger partial charge < -0.3 is 44.6 Å². The number of methoxy groups -OCH3 is 3. The minimum absolute atomic E-state index is 0.0959. The normalized spacial score (nSPS) is 21.5. The molecule has 3 fully saturated rings. The minimum Gasteiger partial charge on any atom is -0.453 e. The number of hydrogen-bond donors (Lipinski definition) is 4. The maximum Gasteiger partial charge on any atom is 0.407 e. The van der Waals surface area contributed by atoms with Gasteiger partial charge >= 0.3 is 12.2 Å². The van der Waals surface area contributed by atoms with E-state index in [1.54, 1.807) is 18.0 Å². The SMILES string of the molecule is COC(=O)NC(C(=O)N1C2CCC(C2)C1c1nc2c(ccc3cc(-c4ccc(-c5cnc(C6CCCN6C(=O)C(NC(=O)OC)C(C)OC)[nH]5)cc4)ccc32)[nH]1)C(C)C. The third-order valence-electron chi connectivity index (χ3n) is 12.5. The lowest BCUT2D eigenvalue weighted by Crippen LogP contribution is -2.54. The summed E-state index contributed by atoms with van der Waals surface area (Å²) >= 11 is 0. The molecule has 1 saturated carbocycles. The molecule has 5 aromatic rings. The third kappa shape index (κ3) is 7.47. The van der Waals surface area contributed by atoms with Crippen molar-refractivity contribution >= 4 is 45.8 Å². The molecule has 2 bridgehead atoms. The van der Waals surface area contributed by atoms with Gasteiger partial charge in [0, 0.05) is 25.1 Å². The first-order chi connectivity index (χ1) is 28.5. The van der Waals surface area contributed by atoms with Crippen molar-refractivity contribution < 1.29 is 33.4 Å². The van der Waals surface area contributed by atoms with Crippen LogP contribution in [0.5, 0.6) is 0 Å². The second-order valence-corrected chi connectivity index (χ2v) is 16.3. The molecule has 7 unspecified atom stereocenters. The maximum atomic E-state index is 14.1. The zero-order valence-electron chi connectivity index (χ0n) is 34.3. The Morgan fingerprint density at radius 3 is 2.22 bits per heavy atom. The summed E-state index contributed by atoms with van der Waals surface area (Å²) in [5, 5.41) is 7.47. The third-order valence-corrected chi connectivity index (χ3v) is 12.5. The van der Waals surface area contributed by atoms with Crippen molar-refractivity contribution in [1.82, 2.24) is 40.4 Å². The van der Waals surface area contributed by atoms with Gasteiger partial charge in [0.15, 0.2) is 0 Å². The fourth-order valence-electron chi connectivity index (χ4n) is 9.35. The van der Waals surface area contributed by atoms with E-state index >= 15 is 0 Å². The fraction of sp³-hybridized carbons (Fsp3) is 0.455. The van der Waals surface area contributed by atoms with Crippen LogP contribution in [0.25, 0.3) is 44.2 Å². The van der Waals surface area contributed by atoms with Crippen LogP contribution in [-0.4, -0.2) is 106 Å². The molecule has 4 N–H and O–H groups in total. The molecule has 15 nitrogen and oxygen atoms in total. The number of fused-ring (bicyclic) bond motifs is 5. The van der Waals surface area contributed by atoms with Crippen molar-refractivity contribution in [2.24, 2.45) is 11.8 Å². The molecular formula is C44H52N8O7. The highest BCUT2D eigenvalue weighted by Crippen LogP contribution is 2.50. The summed E-state index contributed by atoms with van der Waals surface area (Å²) in [5.74, 6) is 1.31. The van der Waals surface area contributed by atoms with Gasteiger partial charge in [0.25, 0.3) is 0 Å². The summed E-state index contributed by atoms with van der Waals surface area (Å²) in [6, 6.07) is 16.9. The van der Waals surface area contributed by atoms with E-state index in [2.05, 4.69) is 80.2 Å². The van der Waals surface area contributed by atoms with Crippen LogP contribution in [0.2, 0.25) is 0 Å². The summed E-state index contributed by atoms with van der Waals surface area (Å²) in [5.41, 5.74) is 5.70. The van der Waals surface area contributed by atoms with Crippen LogP contribution in [0, 0.1) is 11.8 Å². The Kier molecular flexibility index (Phi) is 11.0. The molecule has 3 aliphatic rings. The summed E-state index contributed by atoms with van der Waals surface area (Å²) in [6.45, 7) is 6.14. The van der Waals surface area contributed by atoms with Crippen molar-refractivity contribution in [3.8, 4) is 22.4 Å². The van der Waals surface area contributed by atoms with E-state index in [1.807, 2.05) is 18.7 Å². The number of piperidine rings is 1. The molecule has 2 aliphatic heterocycles. The Balaban J connectivity index is 0.999. The number of ether oxygens (including phenoxy) is 3. The number of aromatic amines is 2. The number of likely N-dealkylation sites (tertiary alicyclic amines) is 2. The number of carbonyl (C=O) groups excluding carboxylic acids is 4. The summed E-state index contributed by atoms with van der Waals surface area (Å²) in [7, 11) is 4.07. The Labute approximate surface area is 342 Å². The lowest BCUT2D eigenvalue weighted by molar-refractivity contribution is -0.139. The maximum absolute atomic E-state index is 14.1. The number of rotatable bonds is 11. The highest BCUT2D eigenvalue weighted by molar-refractivity contribution is 6.05. The molecule has 4 heterocycles. The summed E-state index contributed by atoms with van der Waals surface area (Å²) in [4.78, 5) is 72.5. The number of amides is 4. The van der Waals surface area contributed by atoms with E-state index in [0.29, 0.717) is 18.3 Å². The van der Waals surface area contributed by atoms with Crippen molar-refractivity contribution in [2.45, 2.75) is 89.2 Å². The van der Waals surface area contributed by atoms with Gasteiger partial charge in [0.2, 0.25) is 11.8 Å². The predicted octanol–water partition coefficient (Wildman–Crippen LogP) is 6.63. The van der Waals surface area contributed by atoms with Crippen molar-refractivity contribution in [1.29, 1.82) is 0 Å². The quantitative estimate of drug-likeness (QED) is 0.114. The Bertz CT molecular complexity index is 2370. The van der Waals surface area contributed by atoms with E-state index in [0.717, 1.165) is 82.1 Å². The predicted molar refractivity (Wildman–Crippen MR) is 221 cm³/mol. The largest absolute Gasteiger partial charge is 0.453 e. The van der Waals surface area contributed by atoms with Gasteiger partial charge in [-0.3, -0.25) is 9.59 Å². The van der Waals surface area contributed by atoms with Crippen LogP contribution in [0.4, 0.5) is 9.59 Å². The summed E-state index contributed by atoms with van der Waals surface area (Å²) < 4.78 is 15.0. The van der Waals surface area contributed by atoms with Gasteiger partial charge in [-0.2, -0.15) is 0 Å². The van der Waals surface area contributed by atoms with Crippen molar-refractivity contribution in [3.05, 3.63) is 72.4 Å². The number of aromatic nitrogens is 4. The van der Waals surface area contributed by atoms with Gasteiger partial charge in [-0.15, -0.1) is 0 Å². The molecule has 59 heavy (non-hydrogen) atoms. The molecule has 2 aromatic heterocycles. The highest BCUT2D eigenvalue weighted by atomic mass is 16.5. The molecule has 15 heteroatoms. The zero-order valence-corrected chi connectivity index (χ0v) is 34.3. The standard InChI is InChI=1S/C44H52N8O7/c1-23(2)35(49-43(55)58-5)42(54)52-30-16-13-29(21-30)38(52)40-46-32-18-15-28-20-27(14-17-31(28)37(32)48-40)25-9-11-26(12-10-25)33-22-45-39(47-33)34-8-7-19-51(34)41(53)36(24(3)57-4)50-44(56)59-6/h9-12,14-15,17-18,20,22-24,29-30,34-36,38H,7-8,13,16,19,21H2,1-6H3,(H,45,47)(H,46,48)(H,49,55)(H,50,56). The Morgan fingerprint density at radius 2 is 1.51 bits per heavy atom. The van der Waals surface area contributed by atoms with Gasteiger partial charge in [-0.1, -0.05) is 56.3 Å². The van der Waals surface area contributed by atoms with Gasteiger partial charge in [0.1, 0.15) is 23.7 Å². The van der Waals surface area contributed by atoms with E-state index in [9.17, 15) is 19.2 Å². The average molecular weight is 805 g/mol. The van der Waals surface area contributed by atoms with Crippen LogP contribution in [0.1, 0.15) is 76.6 Å². The molecule has 4 amide bonds. The van der Waals surface area contributed by atoms with Crippen molar-refractivity contribution in [3.63, 3.8) is 0 Å².